The molecule has 0 bridgehead atoms. The predicted molar refractivity (Wildman–Crippen MR) is 123 cm³/mol. The summed E-state index contributed by atoms with van der Waals surface area (Å²) < 4.78 is 22.4. The monoisotopic (exact) mass is 470 g/mol. The molecule has 1 N–H and O–H groups in total. The average molecular weight is 471 g/mol. The number of fused-ring (bicyclic) bond motifs is 1. The Morgan fingerprint density at radius 2 is 2.03 bits per heavy atom. The number of aliphatic hydroxyl groups excluding tert-OH is 1. The third-order valence-electron chi connectivity index (χ3n) is 5.11. The predicted octanol–water partition coefficient (Wildman–Crippen LogP) is 2.87. The smallest absolute Gasteiger partial charge is 0.332 e. The van der Waals surface area contributed by atoms with Crippen LogP contribution in [0.4, 0.5) is 10.2 Å². The molecule has 33 heavy (non-hydrogen) atoms. The first kappa shape index (κ1) is 22.6. The maximum absolute atomic E-state index is 14.3. The second-order valence-corrected chi connectivity index (χ2v) is 7.81. The lowest BCUT2D eigenvalue weighted by Gasteiger charge is -2.21. The number of benzene rings is 1. The second kappa shape index (κ2) is 9.51. The van der Waals surface area contributed by atoms with E-state index in [1.807, 2.05) is 0 Å². The fraction of sp³-hybridized carbons (Fsp3) is 0.217. The van der Waals surface area contributed by atoms with Gasteiger partial charge in [-0.15, -0.1) is 0 Å². The lowest BCUT2D eigenvalue weighted by Crippen LogP contribution is -2.42. The number of hydrogen-bond donors (Lipinski definition) is 1. The van der Waals surface area contributed by atoms with Crippen LogP contribution in [0.1, 0.15) is 17.7 Å². The highest BCUT2D eigenvalue weighted by atomic mass is 35.5. The van der Waals surface area contributed by atoms with E-state index in [1.165, 1.54) is 36.0 Å². The molecule has 0 fully saturated rings. The number of aliphatic hydroxyl groups is 1. The van der Waals surface area contributed by atoms with E-state index in [-0.39, 0.29) is 49.0 Å². The molecule has 1 aromatic carbocycles. The normalized spacial score (nSPS) is 14.2. The van der Waals surface area contributed by atoms with Crippen LogP contribution in [0.5, 0.6) is 5.75 Å². The average Bonchev–Trinajstić information content (AvgIpc) is 2.81. The Kier molecular flexibility index (Phi) is 6.52. The third-order valence-corrected chi connectivity index (χ3v) is 5.34. The maximum Gasteiger partial charge on any atom is 0.332 e. The van der Waals surface area contributed by atoms with Gasteiger partial charge >= 0.3 is 5.69 Å². The van der Waals surface area contributed by atoms with Crippen LogP contribution in [0.2, 0.25) is 5.02 Å². The molecule has 3 aromatic rings. The van der Waals surface area contributed by atoms with E-state index in [1.54, 1.807) is 24.3 Å². The van der Waals surface area contributed by atoms with Gasteiger partial charge in [-0.1, -0.05) is 23.7 Å². The molecule has 1 aliphatic rings. The minimum atomic E-state index is -0.580. The van der Waals surface area contributed by atoms with Gasteiger partial charge in [0.1, 0.15) is 5.82 Å². The van der Waals surface area contributed by atoms with Gasteiger partial charge in [0.15, 0.2) is 11.6 Å². The van der Waals surface area contributed by atoms with Crippen LogP contribution in [0.15, 0.2) is 62.7 Å². The molecule has 0 spiro atoms. The fourth-order valence-corrected chi connectivity index (χ4v) is 3.57. The molecule has 1 aliphatic heterocycles. The highest BCUT2D eigenvalue weighted by molar-refractivity contribution is 6.30. The number of ether oxygens (including phenoxy) is 1. The highest BCUT2D eigenvalue weighted by Gasteiger charge is 2.27. The zero-order valence-electron chi connectivity index (χ0n) is 17.7. The summed E-state index contributed by atoms with van der Waals surface area (Å²) in [5.41, 5.74) is 0.243. The van der Waals surface area contributed by atoms with E-state index in [0.717, 1.165) is 4.57 Å². The summed E-state index contributed by atoms with van der Waals surface area (Å²) in [6.45, 7) is -0.0752. The molecule has 0 atom stereocenters. The van der Waals surface area contributed by atoms with Crippen molar-refractivity contribution in [1.82, 2.24) is 14.1 Å². The molecule has 0 saturated heterocycles. The third kappa shape index (κ3) is 4.64. The van der Waals surface area contributed by atoms with Crippen LogP contribution in [-0.2, 0) is 20.0 Å². The molecule has 0 radical (unpaired) electrons. The Hall–Kier alpha value is -3.56. The molecule has 0 amide bonds. The molecule has 0 unspecified atom stereocenters. The van der Waals surface area contributed by atoms with Crippen LogP contribution in [0.25, 0.3) is 6.08 Å². The van der Waals surface area contributed by atoms with Crippen molar-refractivity contribution >= 4 is 29.4 Å². The molecule has 2 aromatic heterocycles. The summed E-state index contributed by atoms with van der Waals surface area (Å²) in [5, 5.41) is 9.58. The Balaban J connectivity index is 1.88. The number of nitrogens with zero attached hydrogens (tertiary/aromatic N) is 4. The Labute approximate surface area is 192 Å². The van der Waals surface area contributed by atoms with Gasteiger partial charge in [0.2, 0.25) is 5.90 Å². The van der Waals surface area contributed by atoms with E-state index in [2.05, 4.69) is 9.98 Å². The molecular weight excluding hydrogens is 451 g/mol. The van der Waals surface area contributed by atoms with Gasteiger partial charge in [-0.05, 0) is 36.8 Å². The standard InChI is InChI=1S/C23H20ClFN4O4/c1-28-20-17(22(31)29(23(28)32)9-4-10-30)12-14(11-16-8-7-15(24)13-26-16)21(27-20)33-19-6-3-2-5-18(19)25/h2-3,5-8,11,13,30H,4,9-10,12H2,1H3/b14-11-. The maximum atomic E-state index is 14.3. The number of rotatable bonds is 5. The van der Waals surface area contributed by atoms with Crippen LogP contribution in [0, 0.1) is 5.82 Å². The van der Waals surface area contributed by atoms with Gasteiger partial charge in [0.25, 0.3) is 5.56 Å². The first-order valence-corrected chi connectivity index (χ1v) is 10.5. The Bertz CT molecular complexity index is 1380. The zero-order valence-corrected chi connectivity index (χ0v) is 18.4. The van der Waals surface area contributed by atoms with Gasteiger partial charge in [0, 0.05) is 38.4 Å². The molecule has 0 aliphatic carbocycles. The lowest BCUT2D eigenvalue weighted by atomic mass is 10.0. The van der Waals surface area contributed by atoms with Crippen LogP contribution in [0.3, 0.4) is 0 Å². The van der Waals surface area contributed by atoms with Gasteiger partial charge in [-0.25, -0.2) is 9.18 Å². The number of para-hydroxylation sites is 1. The van der Waals surface area contributed by atoms with Crippen LogP contribution < -0.4 is 16.0 Å². The van der Waals surface area contributed by atoms with Crippen molar-refractivity contribution in [2.45, 2.75) is 19.4 Å². The molecule has 3 heterocycles. The minimum absolute atomic E-state index is 0.0454. The van der Waals surface area contributed by atoms with E-state index in [9.17, 15) is 14.0 Å². The number of pyridine rings is 1. The molecule has 8 nitrogen and oxygen atoms in total. The molecule has 0 saturated carbocycles. The van der Waals surface area contributed by atoms with Gasteiger partial charge in [0.05, 0.1) is 16.3 Å². The van der Waals surface area contributed by atoms with Crippen LogP contribution >= 0.6 is 11.6 Å². The summed E-state index contributed by atoms with van der Waals surface area (Å²) in [7, 11) is 1.50. The highest BCUT2D eigenvalue weighted by Crippen LogP contribution is 2.28. The SMILES string of the molecule is Cn1c2c(c(=O)n(CCCO)c1=O)C/C(=C/c1ccc(Cl)cn1)C(Oc1ccccc1F)=N2. The van der Waals surface area contributed by atoms with Crippen molar-refractivity contribution in [2.75, 3.05) is 6.61 Å². The minimum Gasteiger partial charge on any atom is -0.436 e. The number of aliphatic imine (C=N–C) groups is 1. The van der Waals surface area contributed by atoms with Crippen molar-refractivity contribution < 1.29 is 14.2 Å². The van der Waals surface area contributed by atoms with Crippen LogP contribution in [-0.4, -0.2) is 31.7 Å². The number of halogens is 2. The summed E-state index contributed by atoms with van der Waals surface area (Å²) >= 11 is 5.92. The number of aromatic nitrogens is 3. The van der Waals surface area contributed by atoms with E-state index in [4.69, 9.17) is 21.4 Å². The molecule has 170 valence electrons. The Morgan fingerprint density at radius 1 is 1.24 bits per heavy atom. The lowest BCUT2D eigenvalue weighted by molar-refractivity contribution is 0.277. The molecule has 10 heteroatoms. The van der Waals surface area contributed by atoms with Crippen molar-refractivity contribution in [3.63, 3.8) is 0 Å². The second-order valence-electron chi connectivity index (χ2n) is 7.37. The van der Waals surface area contributed by atoms with Gasteiger partial charge in [-0.3, -0.25) is 18.9 Å². The summed E-state index contributed by atoms with van der Waals surface area (Å²) in [5.74, 6) is -0.441. The summed E-state index contributed by atoms with van der Waals surface area (Å²) in [6, 6.07) is 9.22. The first-order valence-electron chi connectivity index (χ1n) is 10.2. The summed E-state index contributed by atoms with van der Waals surface area (Å²) in [6.07, 6.45) is 3.49. The van der Waals surface area contributed by atoms with E-state index >= 15 is 0 Å². The number of hydrogen-bond acceptors (Lipinski definition) is 6. The molecular formula is C23H20ClFN4O4. The van der Waals surface area contributed by atoms with E-state index in [0.29, 0.717) is 16.3 Å². The van der Waals surface area contributed by atoms with Crippen molar-refractivity contribution in [1.29, 1.82) is 0 Å². The van der Waals surface area contributed by atoms with Crippen molar-refractivity contribution in [2.24, 2.45) is 12.0 Å². The van der Waals surface area contributed by atoms with Gasteiger partial charge in [-0.2, -0.15) is 4.99 Å². The van der Waals surface area contributed by atoms with Gasteiger partial charge < -0.3 is 9.84 Å². The van der Waals surface area contributed by atoms with E-state index < -0.39 is 17.1 Å². The van der Waals surface area contributed by atoms with Crippen molar-refractivity contribution in [3.8, 4) is 5.75 Å². The zero-order chi connectivity index (χ0) is 23.5. The van der Waals surface area contributed by atoms with Crippen molar-refractivity contribution in [3.05, 3.63) is 91.1 Å². The molecule has 4 rings (SSSR count). The topological polar surface area (TPSA) is 98.7 Å². The fourth-order valence-electron chi connectivity index (χ4n) is 3.46. The quantitative estimate of drug-likeness (QED) is 0.618. The summed E-state index contributed by atoms with van der Waals surface area (Å²) in [4.78, 5) is 34.5. The first-order chi connectivity index (χ1) is 15.9. The Morgan fingerprint density at radius 3 is 2.73 bits per heavy atom. The largest absolute Gasteiger partial charge is 0.436 e.